The maximum Gasteiger partial charge on any atom is 0.254 e. The van der Waals surface area contributed by atoms with E-state index in [0.29, 0.717) is 18.3 Å². The zero-order valence-corrected chi connectivity index (χ0v) is 16.3. The maximum atomic E-state index is 12.8. The second-order valence-corrected chi connectivity index (χ2v) is 9.24. The molecule has 1 heterocycles. The third-order valence-electron chi connectivity index (χ3n) is 4.06. The van der Waals surface area contributed by atoms with Crippen LogP contribution in [-0.2, 0) is 0 Å². The first kappa shape index (κ1) is 19.3. The van der Waals surface area contributed by atoms with E-state index in [-0.39, 0.29) is 11.9 Å². The number of carbonyl (C=O) groups is 1. The molecule has 0 aromatic heterocycles. The van der Waals surface area contributed by atoms with Crippen LogP contribution in [0.4, 0.5) is 0 Å². The molecular formula is C19H30N2O2S. The highest BCUT2D eigenvalue weighted by atomic mass is 32.2. The van der Waals surface area contributed by atoms with Crippen molar-refractivity contribution in [3.8, 4) is 0 Å². The zero-order chi connectivity index (χ0) is 17.9. The second kappa shape index (κ2) is 7.89. The molecule has 0 saturated carbocycles. The summed E-state index contributed by atoms with van der Waals surface area (Å²) in [5.41, 5.74) is 0.0569. The zero-order valence-electron chi connectivity index (χ0n) is 15.5. The number of nitrogens with zero attached hydrogens (tertiary/aromatic N) is 2. The summed E-state index contributed by atoms with van der Waals surface area (Å²) in [7, 11) is 0. The summed E-state index contributed by atoms with van der Waals surface area (Å²) in [5.74, 6) is 0.103. The minimum Gasteiger partial charge on any atom is -0.389 e. The fourth-order valence-electron chi connectivity index (χ4n) is 3.14. The smallest absolute Gasteiger partial charge is 0.254 e. The Balaban J connectivity index is 1.98. The predicted octanol–water partition coefficient (Wildman–Crippen LogP) is 3.10. The van der Waals surface area contributed by atoms with Gasteiger partial charge in [0.25, 0.3) is 5.91 Å². The van der Waals surface area contributed by atoms with Gasteiger partial charge < -0.3 is 10.0 Å². The predicted molar refractivity (Wildman–Crippen MR) is 101 cm³/mol. The molecule has 24 heavy (non-hydrogen) atoms. The first-order chi connectivity index (χ1) is 11.2. The molecule has 0 spiro atoms. The van der Waals surface area contributed by atoms with Crippen LogP contribution in [0.15, 0.2) is 29.2 Å². The van der Waals surface area contributed by atoms with Gasteiger partial charge in [-0.25, -0.2) is 0 Å². The van der Waals surface area contributed by atoms with Crippen molar-refractivity contribution in [2.24, 2.45) is 0 Å². The van der Waals surface area contributed by atoms with E-state index >= 15 is 0 Å². The van der Waals surface area contributed by atoms with Gasteiger partial charge >= 0.3 is 0 Å². The lowest BCUT2D eigenvalue weighted by Crippen LogP contribution is -2.56. The van der Waals surface area contributed by atoms with Crippen molar-refractivity contribution >= 4 is 17.7 Å². The van der Waals surface area contributed by atoms with Crippen molar-refractivity contribution in [3.05, 3.63) is 29.8 Å². The van der Waals surface area contributed by atoms with E-state index in [1.807, 2.05) is 43.0 Å². The summed E-state index contributed by atoms with van der Waals surface area (Å²) >= 11 is 1.81. The Morgan fingerprint density at radius 1 is 1.29 bits per heavy atom. The average molecular weight is 351 g/mol. The molecule has 134 valence electrons. The maximum absolute atomic E-state index is 12.8. The Hall–Kier alpha value is -1.04. The molecule has 1 fully saturated rings. The summed E-state index contributed by atoms with van der Waals surface area (Å²) in [6.07, 6.45) is 0. The number of benzene rings is 1. The summed E-state index contributed by atoms with van der Waals surface area (Å²) in [6, 6.07) is 8.09. The number of aliphatic hydroxyl groups is 1. The molecule has 0 bridgehead atoms. The Labute approximate surface area is 150 Å². The topological polar surface area (TPSA) is 43.8 Å². The third kappa shape index (κ3) is 5.50. The molecule has 1 N–H and O–H groups in total. The van der Waals surface area contributed by atoms with Crippen LogP contribution in [0.1, 0.15) is 45.0 Å². The van der Waals surface area contributed by atoms with Gasteiger partial charge in [0, 0.05) is 47.9 Å². The molecule has 1 aliphatic rings. The normalized spacial score (nSPS) is 19.8. The van der Waals surface area contributed by atoms with Crippen LogP contribution in [0.25, 0.3) is 0 Å². The van der Waals surface area contributed by atoms with Gasteiger partial charge in [0.2, 0.25) is 0 Å². The SMILES string of the molecule is CC(C)Sc1ccc(C(=O)N2CCN(CC(C)(C)O)CC2C)cc1. The molecule has 1 saturated heterocycles. The molecular weight excluding hydrogens is 320 g/mol. The monoisotopic (exact) mass is 350 g/mol. The molecule has 0 aliphatic carbocycles. The van der Waals surface area contributed by atoms with Crippen molar-refractivity contribution in [2.75, 3.05) is 26.2 Å². The number of amides is 1. The highest BCUT2D eigenvalue weighted by Gasteiger charge is 2.30. The van der Waals surface area contributed by atoms with Gasteiger partial charge in [-0.15, -0.1) is 11.8 Å². The quantitative estimate of drug-likeness (QED) is 0.829. The second-order valence-electron chi connectivity index (χ2n) is 7.59. The molecule has 1 aromatic rings. The summed E-state index contributed by atoms with van der Waals surface area (Å²) in [6.45, 7) is 13.0. The van der Waals surface area contributed by atoms with Gasteiger partial charge in [0.15, 0.2) is 0 Å². The van der Waals surface area contributed by atoms with E-state index in [9.17, 15) is 9.90 Å². The van der Waals surface area contributed by atoms with E-state index in [1.54, 1.807) is 11.8 Å². The van der Waals surface area contributed by atoms with Gasteiger partial charge in [-0.3, -0.25) is 9.69 Å². The molecule has 1 aromatic carbocycles. The van der Waals surface area contributed by atoms with Crippen LogP contribution in [0.2, 0.25) is 0 Å². The van der Waals surface area contributed by atoms with Crippen molar-refractivity contribution in [1.29, 1.82) is 0 Å². The summed E-state index contributed by atoms with van der Waals surface area (Å²) in [4.78, 5) is 18.2. The third-order valence-corrected chi connectivity index (χ3v) is 5.07. The molecule has 1 amide bonds. The van der Waals surface area contributed by atoms with Crippen LogP contribution < -0.4 is 0 Å². The Morgan fingerprint density at radius 3 is 2.42 bits per heavy atom. The molecule has 5 heteroatoms. The number of carbonyl (C=O) groups excluding carboxylic acids is 1. The van der Waals surface area contributed by atoms with Crippen LogP contribution in [0.5, 0.6) is 0 Å². The molecule has 2 rings (SSSR count). The van der Waals surface area contributed by atoms with E-state index in [1.165, 1.54) is 4.90 Å². The summed E-state index contributed by atoms with van der Waals surface area (Å²) < 4.78 is 0. The first-order valence-electron chi connectivity index (χ1n) is 8.68. The number of hydrogen-bond donors (Lipinski definition) is 1. The number of thioether (sulfide) groups is 1. The minimum atomic E-state index is -0.699. The highest BCUT2D eigenvalue weighted by molar-refractivity contribution is 7.99. The van der Waals surface area contributed by atoms with Gasteiger partial charge in [0.1, 0.15) is 0 Å². The number of β-amino-alcohol motifs (C(OH)–C–C–N with tert-alkyl or cyclic N) is 1. The first-order valence-corrected chi connectivity index (χ1v) is 9.56. The van der Waals surface area contributed by atoms with Crippen LogP contribution in [0, 0.1) is 0 Å². The van der Waals surface area contributed by atoms with Gasteiger partial charge in [-0.2, -0.15) is 0 Å². The van der Waals surface area contributed by atoms with Gasteiger partial charge in [0.05, 0.1) is 5.60 Å². The number of rotatable bonds is 5. The van der Waals surface area contributed by atoms with E-state index < -0.39 is 5.60 Å². The van der Waals surface area contributed by atoms with Gasteiger partial charge in [-0.1, -0.05) is 13.8 Å². The largest absolute Gasteiger partial charge is 0.389 e. The molecule has 1 atom stereocenters. The van der Waals surface area contributed by atoms with Gasteiger partial charge in [-0.05, 0) is 45.0 Å². The lowest BCUT2D eigenvalue weighted by molar-refractivity contribution is 0.00578. The molecule has 1 unspecified atom stereocenters. The molecule has 0 radical (unpaired) electrons. The highest BCUT2D eigenvalue weighted by Crippen LogP contribution is 2.24. The lowest BCUT2D eigenvalue weighted by atomic mass is 10.1. The van der Waals surface area contributed by atoms with E-state index in [2.05, 4.69) is 25.7 Å². The van der Waals surface area contributed by atoms with E-state index in [4.69, 9.17) is 0 Å². The molecule has 1 aliphatic heterocycles. The fourth-order valence-corrected chi connectivity index (χ4v) is 3.98. The number of hydrogen-bond acceptors (Lipinski definition) is 4. The van der Waals surface area contributed by atoms with E-state index in [0.717, 1.165) is 18.7 Å². The van der Waals surface area contributed by atoms with Crippen molar-refractivity contribution in [3.63, 3.8) is 0 Å². The van der Waals surface area contributed by atoms with Crippen LogP contribution in [0.3, 0.4) is 0 Å². The van der Waals surface area contributed by atoms with Crippen molar-refractivity contribution in [2.45, 2.75) is 56.4 Å². The van der Waals surface area contributed by atoms with Crippen molar-refractivity contribution < 1.29 is 9.90 Å². The van der Waals surface area contributed by atoms with Crippen LogP contribution in [-0.4, -0.2) is 63.9 Å². The minimum absolute atomic E-state index is 0.103. The number of piperazine rings is 1. The Kier molecular flexibility index (Phi) is 6.34. The standard InChI is InChI=1S/C19H30N2O2S/c1-14(2)24-17-8-6-16(7-9-17)18(22)21-11-10-20(12-15(21)3)13-19(4,5)23/h6-9,14-15,23H,10-13H2,1-5H3. The van der Waals surface area contributed by atoms with Crippen molar-refractivity contribution in [1.82, 2.24) is 9.80 Å². The lowest BCUT2D eigenvalue weighted by Gasteiger charge is -2.41. The average Bonchev–Trinajstić information content (AvgIpc) is 2.45. The van der Waals surface area contributed by atoms with Crippen LogP contribution >= 0.6 is 11.8 Å². The fraction of sp³-hybridized carbons (Fsp3) is 0.632. The Morgan fingerprint density at radius 2 is 1.92 bits per heavy atom. The Bertz CT molecular complexity index is 551. The summed E-state index contributed by atoms with van der Waals surface area (Å²) in [5, 5.41) is 10.5. The molecule has 4 nitrogen and oxygen atoms in total.